The Balaban J connectivity index is 1.09. The second kappa shape index (κ2) is 11.7. The van der Waals surface area contributed by atoms with E-state index in [2.05, 4.69) is 184 Å². The molecular weight excluding hydrogens is 731 g/mol. The predicted molar refractivity (Wildman–Crippen MR) is 254 cm³/mol. The molecule has 0 unspecified atom stereocenters. The average Bonchev–Trinajstić information content (AvgIpc) is 3.95. The summed E-state index contributed by atoms with van der Waals surface area (Å²) in [4.78, 5) is 0. The minimum atomic E-state index is -0.269. The predicted octanol–water partition coefficient (Wildman–Crippen LogP) is 15.7. The van der Waals surface area contributed by atoms with Crippen molar-refractivity contribution in [3.63, 3.8) is 0 Å². The molecule has 8 aromatic carbocycles. The topological polar surface area (TPSA) is 4.93 Å². The molecular formula is C57H43NS. The number of fused-ring (bicyclic) bond motifs is 15. The Kier molecular flexibility index (Phi) is 6.69. The molecule has 0 aliphatic heterocycles. The van der Waals surface area contributed by atoms with Crippen LogP contribution >= 0.6 is 11.3 Å². The molecule has 0 saturated carbocycles. The number of benzene rings is 8. The molecule has 1 nitrogen and oxygen atoms in total. The van der Waals surface area contributed by atoms with Crippen molar-refractivity contribution in [1.29, 1.82) is 0 Å². The molecule has 0 amide bonds. The summed E-state index contributed by atoms with van der Waals surface area (Å²) >= 11 is 1.92. The van der Waals surface area contributed by atoms with E-state index in [-0.39, 0.29) is 10.8 Å². The van der Waals surface area contributed by atoms with E-state index >= 15 is 0 Å². The van der Waals surface area contributed by atoms with Gasteiger partial charge in [0.1, 0.15) is 0 Å². The monoisotopic (exact) mass is 773 g/mol. The third-order valence-electron chi connectivity index (χ3n) is 14.5. The molecule has 0 bridgehead atoms. The molecule has 2 heteroatoms. The van der Waals surface area contributed by atoms with Gasteiger partial charge in [-0.1, -0.05) is 155 Å². The maximum absolute atomic E-state index is 2.62. The molecule has 3 aliphatic rings. The first kappa shape index (κ1) is 33.7. The van der Waals surface area contributed by atoms with Crippen LogP contribution in [0.2, 0.25) is 0 Å². The van der Waals surface area contributed by atoms with Crippen molar-refractivity contribution in [2.45, 2.75) is 57.8 Å². The highest BCUT2D eigenvalue weighted by Crippen LogP contribution is 2.57. The smallest absolute Gasteiger partial charge is 0.0544 e. The number of rotatable bonds is 2. The van der Waals surface area contributed by atoms with Crippen molar-refractivity contribution in [3.8, 4) is 11.1 Å². The number of aromatic nitrogens is 1. The van der Waals surface area contributed by atoms with Crippen molar-refractivity contribution < 1.29 is 0 Å². The van der Waals surface area contributed by atoms with Crippen molar-refractivity contribution in [2.75, 3.05) is 0 Å². The molecule has 3 aliphatic carbocycles. The zero-order valence-corrected chi connectivity index (χ0v) is 34.7. The maximum atomic E-state index is 2.62. The number of nitrogens with zero attached hydrogens (tertiary/aromatic N) is 1. The third-order valence-corrected chi connectivity index (χ3v) is 15.7. The lowest BCUT2D eigenvalue weighted by Crippen LogP contribution is -2.37. The van der Waals surface area contributed by atoms with Gasteiger partial charge in [0.25, 0.3) is 0 Å². The SMILES string of the molecule is CC1(C)c2ccc3c(c2C(C)(C)c2ccc4c(-c5cccc6c5sc5ccccc56)cc5ccccc5c4c21)c1ccccc1n3C1=CCCC2=C1Cc1ccccc12. The molecule has 282 valence electrons. The minimum Gasteiger partial charge on any atom is -0.309 e. The van der Waals surface area contributed by atoms with Gasteiger partial charge >= 0.3 is 0 Å². The lowest BCUT2D eigenvalue weighted by atomic mass is 9.58. The summed E-state index contributed by atoms with van der Waals surface area (Å²) in [7, 11) is 0. The summed E-state index contributed by atoms with van der Waals surface area (Å²) in [5, 5.41) is 10.8. The van der Waals surface area contributed by atoms with Crippen LogP contribution < -0.4 is 0 Å². The highest BCUT2D eigenvalue weighted by molar-refractivity contribution is 7.26. The van der Waals surface area contributed by atoms with E-state index in [1.807, 2.05) is 11.3 Å². The van der Waals surface area contributed by atoms with Crippen molar-refractivity contribution in [1.82, 2.24) is 4.57 Å². The standard InChI is InChI=1S/C57H43NS/c1-56(2)46-29-30-49-52(42-20-9-11-24-47(42)58(49)48-25-14-21-37-35-17-7-5-15-33(35)32-44(37)48)54(46)57(3,4)45-28-27-39-43(31-34-16-6-8-18-36(34)51(39)53(45)56)41-23-13-22-40-38-19-10-12-26-50(38)59-55(40)41/h5-13,15-20,22-31H,14,21,32H2,1-4H3. The Bertz CT molecular complexity index is 3580. The number of hydrogen-bond acceptors (Lipinski definition) is 1. The van der Waals surface area contributed by atoms with Gasteiger partial charge in [-0.25, -0.2) is 0 Å². The summed E-state index contributed by atoms with van der Waals surface area (Å²) in [6, 6.07) is 55.6. The van der Waals surface area contributed by atoms with Crippen LogP contribution in [0.3, 0.4) is 0 Å². The van der Waals surface area contributed by atoms with Crippen LogP contribution in [-0.2, 0) is 17.3 Å². The molecule has 0 saturated heterocycles. The van der Waals surface area contributed by atoms with E-state index in [4.69, 9.17) is 0 Å². The van der Waals surface area contributed by atoms with Gasteiger partial charge in [-0.3, -0.25) is 0 Å². The summed E-state index contributed by atoms with van der Waals surface area (Å²) < 4.78 is 5.33. The van der Waals surface area contributed by atoms with Crippen molar-refractivity contribution in [2.24, 2.45) is 0 Å². The van der Waals surface area contributed by atoms with Crippen molar-refractivity contribution >= 4 is 86.1 Å². The largest absolute Gasteiger partial charge is 0.309 e. The van der Waals surface area contributed by atoms with Gasteiger partial charge in [-0.2, -0.15) is 0 Å². The molecule has 0 spiro atoms. The third kappa shape index (κ3) is 4.35. The Morgan fingerprint density at radius 2 is 1.19 bits per heavy atom. The molecule has 0 radical (unpaired) electrons. The van der Waals surface area contributed by atoms with Crippen LogP contribution in [0.15, 0.2) is 157 Å². The first-order chi connectivity index (χ1) is 28.8. The Hall–Kier alpha value is -6.22. The second-order valence-corrected chi connectivity index (χ2v) is 19.3. The lowest BCUT2D eigenvalue weighted by Gasteiger charge is -2.45. The molecule has 2 aromatic heterocycles. The van der Waals surface area contributed by atoms with Crippen LogP contribution in [0.4, 0.5) is 0 Å². The Morgan fingerprint density at radius 1 is 0.508 bits per heavy atom. The average molecular weight is 774 g/mol. The molecule has 59 heavy (non-hydrogen) atoms. The Labute approximate surface area is 348 Å². The van der Waals surface area contributed by atoms with E-state index in [0.717, 1.165) is 19.3 Å². The molecule has 0 fully saturated rings. The molecule has 10 aromatic rings. The van der Waals surface area contributed by atoms with Crippen molar-refractivity contribution in [3.05, 3.63) is 191 Å². The van der Waals surface area contributed by atoms with Gasteiger partial charge in [0.05, 0.1) is 11.0 Å². The highest BCUT2D eigenvalue weighted by atomic mass is 32.1. The van der Waals surface area contributed by atoms with E-state index in [1.165, 1.54) is 119 Å². The van der Waals surface area contributed by atoms with Gasteiger partial charge in [-0.05, 0) is 109 Å². The summed E-state index contributed by atoms with van der Waals surface area (Å²) in [6.07, 6.45) is 5.70. The molecule has 0 N–H and O–H groups in total. The fraction of sp³-hybridized carbons (Fsp3) is 0.158. The fourth-order valence-electron chi connectivity index (χ4n) is 12.0. The lowest BCUT2D eigenvalue weighted by molar-refractivity contribution is 0.529. The maximum Gasteiger partial charge on any atom is 0.0544 e. The van der Waals surface area contributed by atoms with Gasteiger partial charge in [-0.15, -0.1) is 11.3 Å². The molecule has 2 heterocycles. The summed E-state index contributed by atoms with van der Waals surface area (Å²) in [6.45, 7) is 9.98. The summed E-state index contributed by atoms with van der Waals surface area (Å²) in [5.74, 6) is 0. The normalized spacial score (nSPS) is 16.6. The summed E-state index contributed by atoms with van der Waals surface area (Å²) in [5.41, 5.74) is 17.9. The van der Waals surface area contributed by atoms with Crippen LogP contribution in [0.5, 0.6) is 0 Å². The van der Waals surface area contributed by atoms with Crippen LogP contribution in [-0.4, -0.2) is 4.57 Å². The van der Waals surface area contributed by atoms with Gasteiger partial charge in [0, 0.05) is 59.5 Å². The van der Waals surface area contributed by atoms with Gasteiger partial charge in [0.2, 0.25) is 0 Å². The number of hydrogen-bond donors (Lipinski definition) is 0. The Morgan fingerprint density at radius 3 is 2.05 bits per heavy atom. The van der Waals surface area contributed by atoms with Crippen LogP contribution in [0, 0.1) is 0 Å². The molecule has 13 rings (SSSR count). The van der Waals surface area contributed by atoms with E-state index in [0.29, 0.717) is 0 Å². The van der Waals surface area contributed by atoms with E-state index in [1.54, 1.807) is 5.57 Å². The number of allylic oxidation sites excluding steroid dienone is 4. The van der Waals surface area contributed by atoms with Gasteiger partial charge in [0.15, 0.2) is 0 Å². The fourth-order valence-corrected chi connectivity index (χ4v) is 13.2. The zero-order valence-electron chi connectivity index (χ0n) is 33.9. The van der Waals surface area contributed by atoms with E-state index in [9.17, 15) is 0 Å². The quantitative estimate of drug-likeness (QED) is 0.154. The van der Waals surface area contributed by atoms with Crippen LogP contribution in [0.1, 0.15) is 73.9 Å². The molecule has 0 atom stereocenters. The first-order valence-electron chi connectivity index (χ1n) is 21.3. The number of thiophene rings is 1. The highest BCUT2D eigenvalue weighted by Gasteiger charge is 2.45. The van der Waals surface area contributed by atoms with E-state index < -0.39 is 0 Å². The first-order valence-corrected chi connectivity index (χ1v) is 22.1. The zero-order chi connectivity index (χ0) is 39.4. The minimum absolute atomic E-state index is 0.263. The van der Waals surface area contributed by atoms with Crippen LogP contribution in [0.25, 0.3) is 85.9 Å². The second-order valence-electron chi connectivity index (χ2n) is 18.2. The van der Waals surface area contributed by atoms with Gasteiger partial charge < -0.3 is 4.57 Å². The number of para-hydroxylation sites is 1.